The fourth-order valence-electron chi connectivity index (χ4n) is 1.46. The minimum absolute atomic E-state index is 0.0206. The highest BCUT2D eigenvalue weighted by Gasteiger charge is 2.13. The lowest BCUT2D eigenvalue weighted by Crippen LogP contribution is -2.27. The van der Waals surface area contributed by atoms with Crippen LogP contribution in [-0.4, -0.2) is 40.3 Å². The highest BCUT2D eigenvalue weighted by Crippen LogP contribution is 2.25. The lowest BCUT2D eigenvalue weighted by Gasteiger charge is -2.14. The van der Waals surface area contributed by atoms with Crippen molar-refractivity contribution in [3.63, 3.8) is 0 Å². The maximum atomic E-state index is 12.0. The number of thioether (sulfide) groups is 1. The largest absolute Gasteiger partial charge is 0.467 e. The van der Waals surface area contributed by atoms with Crippen molar-refractivity contribution in [2.24, 2.45) is 0 Å². The van der Waals surface area contributed by atoms with Gasteiger partial charge in [-0.1, -0.05) is 29.2 Å². The summed E-state index contributed by atoms with van der Waals surface area (Å²) < 4.78 is 5.99. The topological polar surface area (TPSA) is 71.3 Å². The van der Waals surface area contributed by atoms with Crippen LogP contribution >= 0.6 is 23.1 Å². The van der Waals surface area contributed by atoms with Crippen molar-refractivity contribution in [3.05, 3.63) is 36.8 Å². The minimum Gasteiger partial charge on any atom is -0.467 e. The molecule has 0 aliphatic carbocycles. The van der Waals surface area contributed by atoms with E-state index in [1.54, 1.807) is 30.4 Å². The second-order valence-corrected chi connectivity index (χ2v) is 6.36. The molecule has 0 spiro atoms. The molecule has 2 rings (SSSR count). The van der Waals surface area contributed by atoms with E-state index in [2.05, 4.69) is 22.1 Å². The van der Waals surface area contributed by atoms with Gasteiger partial charge in [0.1, 0.15) is 5.76 Å². The quantitative estimate of drug-likeness (QED) is 0.594. The van der Waals surface area contributed by atoms with E-state index in [-0.39, 0.29) is 5.91 Å². The molecule has 0 bridgehead atoms. The molecule has 0 aliphatic heterocycles. The summed E-state index contributed by atoms with van der Waals surface area (Å²) >= 11 is 2.81. The average molecular weight is 324 g/mol. The van der Waals surface area contributed by atoms with Gasteiger partial charge in [0.05, 0.1) is 18.6 Å². The van der Waals surface area contributed by atoms with Gasteiger partial charge in [0.15, 0.2) is 4.34 Å². The Balaban J connectivity index is 1.77. The molecule has 0 fully saturated rings. The van der Waals surface area contributed by atoms with Crippen LogP contribution in [0.15, 0.2) is 39.8 Å². The Bertz CT molecular complexity index is 583. The third-order valence-corrected chi connectivity index (χ3v) is 4.52. The molecule has 0 aromatic carbocycles. The molecular formula is C13H16N4O2S2. The Morgan fingerprint density at radius 1 is 1.62 bits per heavy atom. The number of hydrogen-bond donors (Lipinski definition) is 1. The van der Waals surface area contributed by atoms with Gasteiger partial charge in [0.25, 0.3) is 0 Å². The second-order valence-electron chi connectivity index (χ2n) is 4.16. The molecule has 0 saturated carbocycles. The highest BCUT2D eigenvalue weighted by atomic mass is 32.2. The lowest BCUT2D eigenvalue weighted by atomic mass is 10.4. The predicted molar refractivity (Wildman–Crippen MR) is 84.5 cm³/mol. The van der Waals surface area contributed by atoms with E-state index in [9.17, 15) is 4.79 Å². The van der Waals surface area contributed by atoms with Crippen molar-refractivity contribution < 1.29 is 9.21 Å². The van der Waals surface area contributed by atoms with Gasteiger partial charge in [0.2, 0.25) is 11.0 Å². The number of furan rings is 1. The Hall–Kier alpha value is -1.80. The molecule has 8 heteroatoms. The van der Waals surface area contributed by atoms with E-state index in [0.717, 1.165) is 15.2 Å². The summed E-state index contributed by atoms with van der Waals surface area (Å²) in [7, 11) is 1.75. The SMILES string of the molecule is C=CCNc1nnc(SCC(=O)N(C)Cc2ccco2)s1. The molecule has 0 aliphatic rings. The zero-order valence-electron chi connectivity index (χ0n) is 11.6. The molecule has 0 saturated heterocycles. The Morgan fingerprint density at radius 2 is 2.48 bits per heavy atom. The monoisotopic (exact) mass is 324 g/mol. The number of nitrogens with zero attached hydrogens (tertiary/aromatic N) is 3. The first kappa shape index (κ1) is 15.6. The molecule has 1 amide bonds. The van der Waals surface area contributed by atoms with Gasteiger partial charge in [-0.05, 0) is 12.1 Å². The van der Waals surface area contributed by atoms with Gasteiger partial charge >= 0.3 is 0 Å². The molecule has 1 N–H and O–H groups in total. The first-order valence-corrected chi connectivity index (χ1v) is 8.06. The van der Waals surface area contributed by atoms with Crippen LogP contribution in [0.4, 0.5) is 5.13 Å². The summed E-state index contributed by atoms with van der Waals surface area (Å²) in [6.07, 6.45) is 3.35. The maximum absolute atomic E-state index is 12.0. The third kappa shape index (κ3) is 4.91. The molecule has 21 heavy (non-hydrogen) atoms. The Kier molecular flexibility index (Phi) is 5.82. The van der Waals surface area contributed by atoms with Gasteiger partial charge in [-0.15, -0.1) is 16.8 Å². The number of nitrogens with one attached hydrogen (secondary N) is 1. The lowest BCUT2D eigenvalue weighted by molar-refractivity contribution is -0.127. The van der Waals surface area contributed by atoms with Crippen molar-refractivity contribution in [3.8, 4) is 0 Å². The molecule has 0 unspecified atom stereocenters. The fraction of sp³-hybridized carbons (Fsp3) is 0.308. The molecular weight excluding hydrogens is 308 g/mol. The summed E-state index contributed by atoms with van der Waals surface area (Å²) in [5.74, 6) is 1.11. The number of carbonyl (C=O) groups is 1. The van der Waals surface area contributed by atoms with Crippen LogP contribution in [0.25, 0.3) is 0 Å². The van der Waals surface area contributed by atoms with Crippen molar-refractivity contribution in [2.45, 2.75) is 10.9 Å². The van der Waals surface area contributed by atoms with Crippen LogP contribution < -0.4 is 5.32 Å². The van der Waals surface area contributed by atoms with Crippen LogP contribution in [-0.2, 0) is 11.3 Å². The number of aromatic nitrogens is 2. The highest BCUT2D eigenvalue weighted by molar-refractivity contribution is 8.01. The molecule has 2 aromatic rings. The van der Waals surface area contributed by atoms with E-state index in [1.807, 2.05) is 6.07 Å². The van der Waals surface area contributed by atoms with Gasteiger partial charge in [-0.3, -0.25) is 4.79 Å². The van der Waals surface area contributed by atoms with E-state index in [0.29, 0.717) is 18.8 Å². The van der Waals surface area contributed by atoms with Crippen LogP contribution in [0.3, 0.4) is 0 Å². The third-order valence-electron chi connectivity index (χ3n) is 2.52. The number of carbonyl (C=O) groups excluding carboxylic acids is 1. The number of rotatable bonds is 8. The molecule has 112 valence electrons. The van der Waals surface area contributed by atoms with Crippen molar-refractivity contribution in [1.29, 1.82) is 0 Å². The summed E-state index contributed by atoms with van der Waals surface area (Å²) in [6.45, 7) is 4.73. The van der Waals surface area contributed by atoms with E-state index >= 15 is 0 Å². The van der Waals surface area contributed by atoms with Crippen LogP contribution in [0.2, 0.25) is 0 Å². The second kappa shape index (κ2) is 7.84. The number of anilines is 1. The molecule has 6 nitrogen and oxygen atoms in total. The smallest absolute Gasteiger partial charge is 0.233 e. The first-order valence-electron chi connectivity index (χ1n) is 6.26. The predicted octanol–water partition coefficient (Wildman–Crippen LogP) is 2.48. The Morgan fingerprint density at radius 3 is 3.19 bits per heavy atom. The normalized spacial score (nSPS) is 10.3. The average Bonchev–Trinajstić information content (AvgIpc) is 3.14. The standard InChI is InChI=1S/C13H16N4O2S2/c1-3-6-14-12-15-16-13(21-12)20-9-11(18)17(2)8-10-5-4-7-19-10/h3-5,7H,1,6,8-9H2,2H3,(H,14,15). The van der Waals surface area contributed by atoms with Crippen LogP contribution in [0.5, 0.6) is 0 Å². The summed E-state index contributed by atoms with van der Waals surface area (Å²) in [5.41, 5.74) is 0. The summed E-state index contributed by atoms with van der Waals surface area (Å²) in [5, 5.41) is 11.8. The Labute approximate surface area is 131 Å². The number of hydrogen-bond acceptors (Lipinski definition) is 7. The van der Waals surface area contributed by atoms with Gasteiger partial charge in [-0.25, -0.2) is 0 Å². The summed E-state index contributed by atoms with van der Waals surface area (Å²) in [4.78, 5) is 13.6. The summed E-state index contributed by atoms with van der Waals surface area (Å²) in [6, 6.07) is 3.65. The molecule has 0 radical (unpaired) electrons. The van der Waals surface area contributed by atoms with Gasteiger partial charge in [-0.2, -0.15) is 0 Å². The van der Waals surface area contributed by atoms with Crippen molar-refractivity contribution in [2.75, 3.05) is 24.7 Å². The van der Waals surface area contributed by atoms with E-state index in [4.69, 9.17) is 4.42 Å². The van der Waals surface area contributed by atoms with Gasteiger partial charge in [0, 0.05) is 13.6 Å². The van der Waals surface area contributed by atoms with Gasteiger partial charge < -0.3 is 14.6 Å². The van der Waals surface area contributed by atoms with Crippen molar-refractivity contribution >= 4 is 34.1 Å². The zero-order valence-corrected chi connectivity index (χ0v) is 13.2. The first-order chi connectivity index (χ1) is 10.2. The van der Waals surface area contributed by atoms with Crippen LogP contribution in [0, 0.1) is 0 Å². The van der Waals surface area contributed by atoms with Crippen molar-refractivity contribution in [1.82, 2.24) is 15.1 Å². The van der Waals surface area contributed by atoms with E-state index < -0.39 is 0 Å². The fourth-order valence-corrected chi connectivity index (χ4v) is 3.16. The minimum atomic E-state index is 0.0206. The molecule has 0 atom stereocenters. The van der Waals surface area contributed by atoms with E-state index in [1.165, 1.54) is 23.1 Å². The zero-order chi connectivity index (χ0) is 15.1. The maximum Gasteiger partial charge on any atom is 0.233 e. The molecule has 2 heterocycles. The number of amides is 1. The molecule has 2 aromatic heterocycles. The van der Waals surface area contributed by atoms with Crippen LogP contribution in [0.1, 0.15) is 5.76 Å².